The molecule has 0 saturated heterocycles. The predicted molar refractivity (Wildman–Crippen MR) is 68.3 cm³/mol. The van der Waals surface area contributed by atoms with Crippen molar-refractivity contribution in [2.75, 3.05) is 0 Å². The summed E-state index contributed by atoms with van der Waals surface area (Å²) in [6.45, 7) is -0.205. The van der Waals surface area contributed by atoms with Gasteiger partial charge in [-0.1, -0.05) is 0 Å². The second-order valence-electron chi connectivity index (χ2n) is 4.71. The van der Waals surface area contributed by atoms with Crippen molar-refractivity contribution in [3.05, 3.63) is 38.9 Å². The molecule has 0 atom stereocenters. The van der Waals surface area contributed by atoms with E-state index < -0.39 is 10.7 Å². The van der Waals surface area contributed by atoms with E-state index in [4.69, 9.17) is 4.42 Å². The van der Waals surface area contributed by atoms with Crippen LogP contribution in [0, 0.1) is 10.1 Å². The summed E-state index contributed by atoms with van der Waals surface area (Å²) in [4.78, 5) is 33.6. The first-order chi connectivity index (χ1) is 9.54. The van der Waals surface area contributed by atoms with E-state index in [1.54, 1.807) is 0 Å². The Balaban J connectivity index is 1.97. The molecule has 1 N–H and O–H groups in total. The van der Waals surface area contributed by atoms with Gasteiger partial charge in [-0.3, -0.25) is 19.5 Å². The maximum absolute atomic E-state index is 11.7. The van der Waals surface area contributed by atoms with Gasteiger partial charge in [-0.2, -0.15) is 0 Å². The number of nitro groups is 1. The van der Waals surface area contributed by atoms with E-state index in [1.807, 2.05) is 0 Å². The molecule has 0 spiro atoms. The molecule has 1 heterocycles. The van der Waals surface area contributed by atoms with E-state index in [0.29, 0.717) is 0 Å². The number of nitro benzene ring substituents is 1. The summed E-state index contributed by atoms with van der Waals surface area (Å²) < 4.78 is 6.06. The van der Waals surface area contributed by atoms with Gasteiger partial charge in [0.2, 0.25) is 5.91 Å². The Morgan fingerprint density at radius 2 is 2.25 bits per heavy atom. The first-order valence-corrected chi connectivity index (χ1v) is 6.12. The Morgan fingerprint density at radius 1 is 1.50 bits per heavy atom. The van der Waals surface area contributed by atoms with E-state index in [2.05, 4.69) is 5.32 Å². The van der Waals surface area contributed by atoms with Crippen molar-refractivity contribution in [3.63, 3.8) is 0 Å². The van der Waals surface area contributed by atoms with E-state index in [-0.39, 0.29) is 35.3 Å². The van der Waals surface area contributed by atoms with Crippen LogP contribution in [0.3, 0.4) is 0 Å². The standard InChI is InChI=1S/C12H11N3O5/c16-11(13-7-1-2-7)6-14-9-5-8(15(18)19)3-4-10(9)20-12(14)17/h3-5,7H,1-2,6H2,(H,13,16). The van der Waals surface area contributed by atoms with Gasteiger partial charge in [-0.15, -0.1) is 0 Å². The van der Waals surface area contributed by atoms with Crippen molar-refractivity contribution in [1.29, 1.82) is 0 Å². The number of hydrogen-bond acceptors (Lipinski definition) is 5. The van der Waals surface area contributed by atoms with Gasteiger partial charge in [0.05, 0.1) is 10.4 Å². The number of carbonyl (C=O) groups excluding carboxylic acids is 1. The Hall–Kier alpha value is -2.64. The maximum Gasteiger partial charge on any atom is 0.420 e. The zero-order valence-electron chi connectivity index (χ0n) is 10.4. The minimum absolute atomic E-state index is 0.158. The molecule has 8 nitrogen and oxygen atoms in total. The fourth-order valence-electron chi connectivity index (χ4n) is 1.96. The molecule has 1 amide bonds. The highest BCUT2D eigenvalue weighted by molar-refractivity contribution is 5.81. The predicted octanol–water partition coefficient (Wildman–Crippen LogP) is 0.781. The summed E-state index contributed by atoms with van der Waals surface area (Å²) in [5.74, 6) is -1.00. The lowest BCUT2D eigenvalue weighted by Gasteiger charge is -2.03. The van der Waals surface area contributed by atoms with Gasteiger partial charge in [0.15, 0.2) is 5.58 Å². The third-order valence-corrected chi connectivity index (χ3v) is 3.11. The third-order valence-electron chi connectivity index (χ3n) is 3.11. The molecular weight excluding hydrogens is 266 g/mol. The van der Waals surface area contributed by atoms with Crippen molar-refractivity contribution in [3.8, 4) is 0 Å². The minimum Gasteiger partial charge on any atom is -0.408 e. The minimum atomic E-state index is -0.702. The summed E-state index contributed by atoms with van der Waals surface area (Å²) in [6.07, 6.45) is 1.89. The molecule has 3 rings (SSSR count). The normalized spacial score (nSPS) is 14.4. The lowest BCUT2D eigenvalue weighted by molar-refractivity contribution is -0.384. The highest BCUT2D eigenvalue weighted by atomic mass is 16.6. The van der Waals surface area contributed by atoms with Gasteiger partial charge in [0.1, 0.15) is 6.54 Å². The van der Waals surface area contributed by atoms with Crippen molar-refractivity contribution in [2.24, 2.45) is 0 Å². The van der Waals surface area contributed by atoms with Crippen LogP contribution < -0.4 is 11.1 Å². The lowest BCUT2D eigenvalue weighted by Crippen LogP contribution is -2.32. The molecule has 0 unspecified atom stereocenters. The molecule has 0 radical (unpaired) electrons. The number of rotatable bonds is 4. The fourth-order valence-corrected chi connectivity index (χ4v) is 1.96. The van der Waals surface area contributed by atoms with Crippen LogP contribution in [0.1, 0.15) is 12.8 Å². The SMILES string of the molecule is O=C(Cn1c(=O)oc2ccc([N+](=O)[O-])cc21)NC1CC1. The van der Waals surface area contributed by atoms with Crippen molar-refractivity contribution in [2.45, 2.75) is 25.4 Å². The molecule has 1 aromatic heterocycles. The van der Waals surface area contributed by atoms with Crippen molar-refractivity contribution in [1.82, 2.24) is 9.88 Å². The van der Waals surface area contributed by atoms with E-state index in [1.165, 1.54) is 18.2 Å². The van der Waals surface area contributed by atoms with Crippen molar-refractivity contribution >= 4 is 22.7 Å². The Kier molecular flexibility index (Phi) is 2.78. The Labute approximate surface area is 112 Å². The second kappa shape index (κ2) is 4.48. The number of hydrogen-bond donors (Lipinski definition) is 1. The molecule has 1 saturated carbocycles. The number of nitrogens with one attached hydrogen (secondary N) is 1. The van der Waals surface area contributed by atoms with Crippen LogP contribution in [0.2, 0.25) is 0 Å². The summed E-state index contributed by atoms with van der Waals surface area (Å²) >= 11 is 0. The van der Waals surface area contributed by atoms with E-state index in [0.717, 1.165) is 17.4 Å². The number of fused-ring (bicyclic) bond motifs is 1. The largest absolute Gasteiger partial charge is 0.420 e. The van der Waals surface area contributed by atoms with Gasteiger partial charge in [-0.25, -0.2) is 4.79 Å². The number of oxazole rings is 1. The highest BCUT2D eigenvalue weighted by Gasteiger charge is 2.24. The second-order valence-corrected chi connectivity index (χ2v) is 4.71. The van der Waals surface area contributed by atoms with Gasteiger partial charge < -0.3 is 9.73 Å². The number of benzene rings is 1. The van der Waals surface area contributed by atoms with E-state index >= 15 is 0 Å². The van der Waals surface area contributed by atoms with Gasteiger partial charge >= 0.3 is 5.76 Å². The summed E-state index contributed by atoms with van der Waals surface area (Å²) in [7, 11) is 0. The zero-order chi connectivity index (χ0) is 14.3. The van der Waals surface area contributed by atoms with Gasteiger partial charge in [0.25, 0.3) is 5.69 Å². The van der Waals surface area contributed by atoms with Crippen LogP contribution in [-0.2, 0) is 11.3 Å². The Morgan fingerprint density at radius 3 is 2.90 bits per heavy atom. The summed E-state index contributed by atoms with van der Waals surface area (Å²) in [6, 6.07) is 4.01. The first kappa shape index (κ1) is 12.4. The smallest absolute Gasteiger partial charge is 0.408 e. The molecule has 8 heteroatoms. The molecule has 20 heavy (non-hydrogen) atoms. The number of nitrogens with zero attached hydrogens (tertiary/aromatic N) is 2. The monoisotopic (exact) mass is 277 g/mol. The van der Waals surface area contributed by atoms with E-state index in [9.17, 15) is 19.7 Å². The molecule has 0 bridgehead atoms. The maximum atomic E-state index is 11.7. The molecule has 1 aromatic carbocycles. The topological polar surface area (TPSA) is 107 Å². The molecule has 1 aliphatic carbocycles. The lowest BCUT2D eigenvalue weighted by atomic mass is 10.3. The van der Waals surface area contributed by atoms with Crippen molar-refractivity contribution < 1.29 is 14.1 Å². The van der Waals surface area contributed by atoms with Crippen LogP contribution in [0.5, 0.6) is 0 Å². The molecule has 1 aliphatic rings. The zero-order valence-corrected chi connectivity index (χ0v) is 10.4. The quantitative estimate of drug-likeness (QED) is 0.656. The molecular formula is C12H11N3O5. The highest BCUT2D eigenvalue weighted by Crippen LogP contribution is 2.21. The third kappa shape index (κ3) is 2.27. The molecule has 104 valence electrons. The number of amides is 1. The van der Waals surface area contributed by atoms with Crippen LogP contribution in [0.25, 0.3) is 11.1 Å². The average Bonchev–Trinajstić information content (AvgIpc) is 3.14. The van der Waals surface area contributed by atoms with Crippen LogP contribution in [0.4, 0.5) is 5.69 Å². The van der Waals surface area contributed by atoms with Crippen LogP contribution >= 0.6 is 0 Å². The van der Waals surface area contributed by atoms with Crippen LogP contribution in [-0.4, -0.2) is 21.4 Å². The number of carbonyl (C=O) groups is 1. The van der Waals surface area contributed by atoms with Gasteiger partial charge in [-0.05, 0) is 18.9 Å². The summed E-state index contributed by atoms with van der Waals surface area (Å²) in [5.41, 5.74) is 0.310. The molecule has 0 aliphatic heterocycles. The van der Waals surface area contributed by atoms with Crippen LogP contribution in [0.15, 0.2) is 27.4 Å². The molecule has 1 fully saturated rings. The van der Waals surface area contributed by atoms with Gasteiger partial charge in [0, 0.05) is 18.2 Å². The first-order valence-electron chi connectivity index (χ1n) is 6.12. The number of aromatic nitrogens is 1. The summed E-state index contributed by atoms with van der Waals surface area (Å²) in [5, 5.41) is 13.5. The Bertz CT molecular complexity index is 756. The average molecular weight is 277 g/mol. The number of non-ortho nitro benzene ring substituents is 1. The molecule has 2 aromatic rings. The fraction of sp³-hybridized carbons (Fsp3) is 0.333.